The van der Waals surface area contributed by atoms with Gasteiger partial charge in [0.05, 0.1) is 11.0 Å². The third kappa shape index (κ3) is 3.74. The monoisotopic (exact) mass is 366 g/mol. The van der Waals surface area contributed by atoms with Crippen LogP contribution in [0.25, 0.3) is 22.2 Å². The fourth-order valence-electron chi connectivity index (χ4n) is 2.89. The molecule has 1 N–H and O–H groups in total. The van der Waals surface area contributed by atoms with Crippen LogP contribution in [-0.2, 0) is 0 Å². The first-order chi connectivity index (χ1) is 13.6. The number of aromatic amines is 1. The van der Waals surface area contributed by atoms with Crippen molar-refractivity contribution in [1.29, 1.82) is 0 Å². The summed E-state index contributed by atoms with van der Waals surface area (Å²) < 4.78 is 0. The minimum Gasteiger partial charge on any atom is -0.343 e. The second-order valence-electron chi connectivity index (χ2n) is 7.05. The molecule has 0 atom stereocenters. The van der Waals surface area contributed by atoms with Crippen molar-refractivity contribution in [2.75, 3.05) is 11.9 Å². The fraction of sp³-hybridized carbons (Fsp3) is 0.167. The van der Waals surface area contributed by atoms with E-state index in [0.717, 1.165) is 39.4 Å². The highest BCUT2D eigenvalue weighted by Gasteiger charge is 2.10. The van der Waals surface area contributed by atoms with Crippen LogP contribution in [0.3, 0.4) is 0 Å². The average Bonchev–Trinajstić information content (AvgIpc) is 3.16. The zero-order valence-corrected chi connectivity index (χ0v) is 16.3. The Labute approximate surface area is 165 Å². The van der Waals surface area contributed by atoms with Crippen LogP contribution >= 0.6 is 0 Å². The van der Waals surface area contributed by atoms with Crippen molar-refractivity contribution >= 4 is 17.0 Å². The predicted octanol–water partition coefficient (Wildman–Crippen LogP) is 4.87. The Morgan fingerprint density at radius 1 is 0.929 bits per heavy atom. The summed E-state index contributed by atoms with van der Waals surface area (Å²) in [5, 5.41) is 0. The zero-order valence-electron chi connectivity index (χ0n) is 16.3. The summed E-state index contributed by atoms with van der Waals surface area (Å²) in [7, 11) is 2.04. The van der Waals surface area contributed by atoms with E-state index < -0.39 is 0 Å². The fourth-order valence-corrected chi connectivity index (χ4v) is 2.89. The third-order valence-electron chi connectivity index (χ3n) is 4.78. The topological polar surface area (TPSA) is 44.8 Å². The maximum atomic E-state index is 4.64. The maximum absolute atomic E-state index is 4.64. The molecule has 0 spiro atoms. The number of pyridine rings is 1. The van der Waals surface area contributed by atoms with E-state index in [0.29, 0.717) is 6.04 Å². The van der Waals surface area contributed by atoms with Gasteiger partial charge in [-0.15, -0.1) is 0 Å². The first kappa shape index (κ1) is 17.8. The summed E-state index contributed by atoms with van der Waals surface area (Å²) >= 11 is 0. The van der Waals surface area contributed by atoms with Crippen LogP contribution in [0.15, 0.2) is 66.9 Å². The molecular formula is C24H22N4. The number of rotatable bonds is 3. The molecule has 0 aliphatic rings. The van der Waals surface area contributed by atoms with Crippen molar-refractivity contribution in [2.24, 2.45) is 0 Å². The van der Waals surface area contributed by atoms with Gasteiger partial charge >= 0.3 is 0 Å². The first-order valence-corrected chi connectivity index (χ1v) is 9.36. The maximum Gasteiger partial charge on any atom is 0.203 e. The minimum absolute atomic E-state index is 0.379. The van der Waals surface area contributed by atoms with Gasteiger partial charge in [-0.2, -0.15) is 0 Å². The summed E-state index contributed by atoms with van der Waals surface area (Å²) in [6, 6.07) is 20.6. The molecule has 2 heterocycles. The lowest BCUT2D eigenvalue weighted by Gasteiger charge is -2.19. The van der Waals surface area contributed by atoms with Gasteiger partial charge in [-0.05, 0) is 49.6 Å². The van der Waals surface area contributed by atoms with Gasteiger partial charge in [0.2, 0.25) is 5.95 Å². The first-order valence-electron chi connectivity index (χ1n) is 9.36. The molecule has 0 radical (unpaired) electrons. The largest absolute Gasteiger partial charge is 0.343 e. The van der Waals surface area contributed by atoms with Gasteiger partial charge in [0.25, 0.3) is 0 Å². The molecule has 0 unspecified atom stereocenters. The number of hydrogen-bond acceptors (Lipinski definition) is 3. The summed E-state index contributed by atoms with van der Waals surface area (Å²) in [6.07, 6.45) is 1.87. The van der Waals surface area contributed by atoms with Crippen LogP contribution in [0.5, 0.6) is 0 Å². The van der Waals surface area contributed by atoms with E-state index in [1.54, 1.807) is 0 Å². The van der Waals surface area contributed by atoms with Crippen LogP contribution in [0, 0.1) is 11.8 Å². The van der Waals surface area contributed by atoms with Crippen LogP contribution in [0.4, 0.5) is 5.95 Å². The van der Waals surface area contributed by atoms with Crippen LogP contribution in [0.2, 0.25) is 0 Å². The van der Waals surface area contributed by atoms with Gasteiger partial charge in [-0.1, -0.05) is 42.3 Å². The summed E-state index contributed by atoms with van der Waals surface area (Å²) in [5.41, 5.74) is 5.86. The third-order valence-corrected chi connectivity index (χ3v) is 4.78. The van der Waals surface area contributed by atoms with Crippen molar-refractivity contribution in [3.05, 3.63) is 78.1 Å². The standard InChI is InChI=1S/C24H22N4/c1-17(2)28(3)24-26-22-14-10-18(15-23(22)27-24)9-12-21-13-11-20(16-25-21)19-7-5-4-6-8-19/h4-8,10-11,13-17H,1-3H3,(H,26,27). The molecule has 28 heavy (non-hydrogen) atoms. The summed E-state index contributed by atoms with van der Waals surface area (Å²) in [6.45, 7) is 4.28. The number of benzene rings is 2. The molecule has 0 bridgehead atoms. The molecule has 0 saturated heterocycles. The van der Waals surface area contributed by atoms with E-state index in [9.17, 15) is 0 Å². The Morgan fingerprint density at radius 2 is 1.75 bits per heavy atom. The normalized spacial score (nSPS) is 10.7. The SMILES string of the molecule is CC(C)N(C)c1nc2ccc(C#Cc3ccc(-c4ccccc4)cn3)cc2[nH]1. The molecule has 0 amide bonds. The second-order valence-corrected chi connectivity index (χ2v) is 7.05. The number of nitrogens with zero attached hydrogens (tertiary/aromatic N) is 3. The van der Waals surface area contributed by atoms with Gasteiger partial charge in [0.1, 0.15) is 5.69 Å². The Kier molecular flexibility index (Phi) is 4.82. The lowest BCUT2D eigenvalue weighted by Crippen LogP contribution is -2.26. The van der Waals surface area contributed by atoms with Crippen molar-refractivity contribution < 1.29 is 0 Å². The van der Waals surface area contributed by atoms with Gasteiger partial charge in [-0.3, -0.25) is 0 Å². The van der Waals surface area contributed by atoms with E-state index >= 15 is 0 Å². The zero-order chi connectivity index (χ0) is 19.5. The molecule has 2 aromatic heterocycles. The second kappa shape index (κ2) is 7.58. The number of hydrogen-bond donors (Lipinski definition) is 1. The summed E-state index contributed by atoms with van der Waals surface area (Å²) in [4.78, 5) is 14.6. The quantitative estimate of drug-likeness (QED) is 0.526. The molecule has 0 saturated carbocycles. The van der Waals surface area contributed by atoms with Gasteiger partial charge < -0.3 is 9.88 Å². The van der Waals surface area contributed by atoms with Crippen molar-refractivity contribution in [3.63, 3.8) is 0 Å². The molecular weight excluding hydrogens is 344 g/mol. The highest BCUT2D eigenvalue weighted by Crippen LogP contribution is 2.20. The smallest absolute Gasteiger partial charge is 0.203 e. The number of fused-ring (bicyclic) bond motifs is 1. The van der Waals surface area contributed by atoms with E-state index in [2.05, 4.69) is 63.7 Å². The van der Waals surface area contributed by atoms with Crippen LogP contribution in [0.1, 0.15) is 25.1 Å². The molecule has 0 aliphatic carbocycles. The molecule has 0 aliphatic heterocycles. The Hall–Kier alpha value is -3.58. The molecule has 2 aromatic carbocycles. The van der Waals surface area contributed by atoms with Crippen molar-refractivity contribution in [3.8, 4) is 23.0 Å². The van der Waals surface area contributed by atoms with Crippen molar-refractivity contribution in [1.82, 2.24) is 15.0 Å². The Bertz CT molecular complexity index is 1150. The molecule has 4 nitrogen and oxygen atoms in total. The summed E-state index contributed by atoms with van der Waals surface area (Å²) in [5.74, 6) is 7.21. The number of imidazole rings is 1. The molecule has 4 aromatic rings. The predicted molar refractivity (Wildman–Crippen MR) is 115 cm³/mol. The van der Waals surface area contributed by atoms with E-state index in [-0.39, 0.29) is 0 Å². The Morgan fingerprint density at radius 3 is 2.46 bits per heavy atom. The van der Waals surface area contributed by atoms with Crippen LogP contribution < -0.4 is 4.90 Å². The van der Waals surface area contributed by atoms with Gasteiger partial charge in [-0.25, -0.2) is 9.97 Å². The van der Waals surface area contributed by atoms with E-state index in [1.165, 1.54) is 0 Å². The van der Waals surface area contributed by atoms with Gasteiger partial charge in [0.15, 0.2) is 0 Å². The van der Waals surface area contributed by atoms with Crippen molar-refractivity contribution in [2.45, 2.75) is 19.9 Å². The number of H-pyrrole nitrogens is 1. The number of nitrogens with one attached hydrogen (secondary N) is 1. The van der Waals surface area contributed by atoms with Gasteiger partial charge in [0, 0.05) is 30.4 Å². The lowest BCUT2D eigenvalue weighted by molar-refractivity contribution is 0.736. The molecule has 138 valence electrons. The number of anilines is 1. The molecule has 4 rings (SSSR count). The van der Waals surface area contributed by atoms with Crippen LogP contribution in [-0.4, -0.2) is 28.0 Å². The number of aromatic nitrogens is 3. The minimum atomic E-state index is 0.379. The lowest BCUT2D eigenvalue weighted by atomic mass is 10.1. The highest BCUT2D eigenvalue weighted by atomic mass is 15.3. The highest BCUT2D eigenvalue weighted by molar-refractivity contribution is 5.79. The molecule has 4 heteroatoms. The Balaban J connectivity index is 1.56. The average molecular weight is 366 g/mol. The van der Waals surface area contributed by atoms with E-state index in [1.807, 2.05) is 55.7 Å². The van der Waals surface area contributed by atoms with E-state index in [4.69, 9.17) is 0 Å². The molecule has 0 fully saturated rings.